The zero-order valence-corrected chi connectivity index (χ0v) is 12.1. The Morgan fingerprint density at radius 1 is 1.06 bits per heavy atom. The van der Waals surface area contributed by atoms with Crippen LogP contribution in [-0.4, -0.2) is 6.54 Å². The van der Waals surface area contributed by atoms with Crippen LogP contribution in [0.5, 0.6) is 0 Å². The molecule has 0 atom stereocenters. The minimum absolute atomic E-state index is 0.629. The molecule has 2 nitrogen and oxygen atoms in total. The highest BCUT2D eigenvalue weighted by Crippen LogP contribution is 2.27. The number of unbranched alkanes of at least 4 members (excludes halogenated alkanes) is 2. The summed E-state index contributed by atoms with van der Waals surface area (Å²) in [5.74, 6) is 0.629. The normalized spacial score (nSPS) is 10.9. The van der Waals surface area contributed by atoms with Crippen molar-refractivity contribution in [3.8, 4) is 0 Å². The lowest BCUT2D eigenvalue weighted by atomic mass is 9.93. The average Bonchev–Trinajstić information content (AvgIpc) is 2.36. The molecule has 0 bridgehead atoms. The molecule has 1 aromatic rings. The van der Waals surface area contributed by atoms with E-state index >= 15 is 0 Å². The predicted octanol–water partition coefficient (Wildman–Crippen LogP) is 4.77. The smallest absolute Gasteiger partial charge is 0.0363 e. The van der Waals surface area contributed by atoms with E-state index in [-0.39, 0.29) is 0 Å². The van der Waals surface area contributed by atoms with E-state index in [4.69, 9.17) is 5.73 Å². The minimum atomic E-state index is 0.629. The number of nitrogen functional groups attached to an aromatic ring is 1. The third-order valence-electron chi connectivity index (χ3n) is 3.54. The maximum absolute atomic E-state index is 6.00. The quantitative estimate of drug-likeness (QED) is 0.513. The fourth-order valence-corrected chi connectivity index (χ4v) is 2.38. The monoisotopic (exact) mass is 248 g/mol. The molecule has 0 saturated heterocycles. The van der Waals surface area contributed by atoms with E-state index in [0.717, 1.165) is 12.2 Å². The number of nitrogens with one attached hydrogen (secondary N) is 1. The first-order chi connectivity index (χ1) is 8.71. The molecule has 3 N–H and O–H groups in total. The molecule has 0 aliphatic rings. The lowest BCUT2D eigenvalue weighted by Crippen LogP contribution is -2.04. The summed E-state index contributed by atoms with van der Waals surface area (Å²) >= 11 is 0. The number of anilines is 2. The van der Waals surface area contributed by atoms with Gasteiger partial charge < -0.3 is 11.1 Å². The molecule has 2 heteroatoms. The maximum Gasteiger partial charge on any atom is 0.0363 e. The van der Waals surface area contributed by atoms with Crippen molar-refractivity contribution in [2.24, 2.45) is 0 Å². The molecule has 0 heterocycles. The van der Waals surface area contributed by atoms with Gasteiger partial charge >= 0.3 is 0 Å². The Hall–Kier alpha value is -1.18. The van der Waals surface area contributed by atoms with Crippen LogP contribution in [0.1, 0.15) is 64.4 Å². The highest BCUT2D eigenvalue weighted by atomic mass is 14.9. The molecular weight excluding hydrogens is 220 g/mol. The molecule has 1 rings (SSSR count). The summed E-state index contributed by atoms with van der Waals surface area (Å²) in [5, 5.41) is 3.48. The van der Waals surface area contributed by atoms with Gasteiger partial charge in [-0.3, -0.25) is 0 Å². The first-order valence-electron chi connectivity index (χ1n) is 7.35. The highest BCUT2D eigenvalue weighted by Gasteiger charge is 2.08. The van der Waals surface area contributed by atoms with Gasteiger partial charge in [0, 0.05) is 17.9 Å². The van der Waals surface area contributed by atoms with Crippen molar-refractivity contribution < 1.29 is 0 Å². The summed E-state index contributed by atoms with van der Waals surface area (Å²) in [4.78, 5) is 0. The Morgan fingerprint density at radius 2 is 1.78 bits per heavy atom. The van der Waals surface area contributed by atoms with Crippen LogP contribution in [0.3, 0.4) is 0 Å². The summed E-state index contributed by atoms with van der Waals surface area (Å²) in [7, 11) is 0. The summed E-state index contributed by atoms with van der Waals surface area (Å²) in [6, 6.07) is 6.42. The summed E-state index contributed by atoms with van der Waals surface area (Å²) in [6.45, 7) is 7.75. The van der Waals surface area contributed by atoms with E-state index in [0.29, 0.717) is 5.92 Å². The molecule has 102 valence electrons. The van der Waals surface area contributed by atoms with Crippen LogP contribution in [-0.2, 0) is 0 Å². The van der Waals surface area contributed by atoms with Crippen molar-refractivity contribution in [1.29, 1.82) is 0 Å². The van der Waals surface area contributed by atoms with Gasteiger partial charge in [-0.15, -0.1) is 0 Å². The van der Waals surface area contributed by atoms with E-state index < -0.39 is 0 Å². The van der Waals surface area contributed by atoms with Gasteiger partial charge in [-0.05, 0) is 48.9 Å². The van der Waals surface area contributed by atoms with Crippen LogP contribution < -0.4 is 11.1 Å². The van der Waals surface area contributed by atoms with Crippen LogP contribution in [0.25, 0.3) is 0 Å². The van der Waals surface area contributed by atoms with Gasteiger partial charge in [0.15, 0.2) is 0 Å². The van der Waals surface area contributed by atoms with E-state index in [2.05, 4.69) is 38.2 Å². The molecule has 0 spiro atoms. The van der Waals surface area contributed by atoms with E-state index in [1.165, 1.54) is 43.4 Å². The van der Waals surface area contributed by atoms with Gasteiger partial charge in [0.05, 0.1) is 0 Å². The predicted molar refractivity (Wildman–Crippen MR) is 82.2 cm³/mol. The van der Waals surface area contributed by atoms with E-state index in [9.17, 15) is 0 Å². The third-order valence-corrected chi connectivity index (χ3v) is 3.54. The molecule has 0 saturated carbocycles. The van der Waals surface area contributed by atoms with Crippen LogP contribution >= 0.6 is 0 Å². The molecule has 0 aromatic heterocycles. The molecular formula is C16H28N2. The fraction of sp³-hybridized carbons (Fsp3) is 0.625. The first kappa shape index (κ1) is 14.9. The van der Waals surface area contributed by atoms with Crippen molar-refractivity contribution in [2.75, 3.05) is 17.6 Å². The van der Waals surface area contributed by atoms with Gasteiger partial charge in [0.25, 0.3) is 0 Å². The Kier molecular flexibility index (Phi) is 6.63. The zero-order chi connectivity index (χ0) is 13.4. The third kappa shape index (κ3) is 4.59. The lowest BCUT2D eigenvalue weighted by Gasteiger charge is -2.16. The molecule has 0 amide bonds. The number of benzene rings is 1. The van der Waals surface area contributed by atoms with Crippen molar-refractivity contribution in [1.82, 2.24) is 0 Å². The highest BCUT2D eigenvalue weighted by molar-refractivity contribution is 5.57. The molecule has 0 radical (unpaired) electrons. The number of hydrogen-bond donors (Lipinski definition) is 2. The van der Waals surface area contributed by atoms with E-state index in [1.54, 1.807) is 0 Å². The van der Waals surface area contributed by atoms with Crippen LogP contribution in [0, 0.1) is 0 Å². The molecule has 0 aliphatic carbocycles. The number of hydrogen-bond acceptors (Lipinski definition) is 2. The van der Waals surface area contributed by atoms with Gasteiger partial charge in [-0.2, -0.15) is 0 Å². The topological polar surface area (TPSA) is 38.0 Å². The van der Waals surface area contributed by atoms with Crippen molar-refractivity contribution in [3.05, 3.63) is 23.8 Å². The van der Waals surface area contributed by atoms with Crippen LogP contribution in [0.15, 0.2) is 18.2 Å². The van der Waals surface area contributed by atoms with E-state index in [1.807, 2.05) is 6.07 Å². The second-order valence-corrected chi connectivity index (χ2v) is 5.04. The van der Waals surface area contributed by atoms with Gasteiger partial charge in [0.2, 0.25) is 0 Å². The minimum Gasteiger partial charge on any atom is -0.399 e. The zero-order valence-electron chi connectivity index (χ0n) is 12.1. The molecule has 0 fully saturated rings. The Balaban J connectivity index is 2.68. The second-order valence-electron chi connectivity index (χ2n) is 5.04. The maximum atomic E-state index is 6.00. The SMILES string of the molecule is CCCCCNc1cc(N)cc(C(CC)CC)c1. The molecule has 18 heavy (non-hydrogen) atoms. The largest absolute Gasteiger partial charge is 0.399 e. The van der Waals surface area contributed by atoms with Crippen molar-refractivity contribution in [3.63, 3.8) is 0 Å². The fourth-order valence-electron chi connectivity index (χ4n) is 2.38. The number of rotatable bonds is 8. The molecule has 1 aromatic carbocycles. The summed E-state index contributed by atoms with van der Waals surface area (Å²) in [6.07, 6.45) is 6.13. The van der Waals surface area contributed by atoms with Crippen molar-refractivity contribution in [2.45, 2.75) is 58.8 Å². The summed E-state index contributed by atoms with van der Waals surface area (Å²) < 4.78 is 0. The van der Waals surface area contributed by atoms with Gasteiger partial charge in [-0.25, -0.2) is 0 Å². The number of nitrogens with two attached hydrogens (primary N) is 1. The average molecular weight is 248 g/mol. The standard InChI is InChI=1S/C16H28N2/c1-4-7-8-9-18-16-11-14(10-15(17)12-16)13(5-2)6-3/h10-13,18H,4-9,17H2,1-3H3. The Morgan fingerprint density at radius 3 is 2.39 bits per heavy atom. The second kappa shape index (κ2) is 8.02. The Bertz CT molecular complexity index is 343. The van der Waals surface area contributed by atoms with Gasteiger partial charge in [0.1, 0.15) is 0 Å². The Labute approximate surface area is 112 Å². The van der Waals surface area contributed by atoms with Crippen LogP contribution in [0.2, 0.25) is 0 Å². The molecule has 0 unspecified atom stereocenters. The van der Waals surface area contributed by atoms with Crippen LogP contribution in [0.4, 0.5) is 11.4 Å². The first-order valence-corrected chi connectivity index (χ1v) is 7.35. The lowest BCUT2D eigenvalue weighted by molar-refractivity contribution is 0.642. The van der Waals surface area contributed by atoms with Crippen molar-refractivity contribution >= 4 is 11.4 Å². The summed E-state index contributed by atoms with van der Waals surface area (Å²) in [5.41, 5.74) is 9.42. The molecule has 0 aliphatic heterocycles. The van der Waals surface area contributed by atoms with Gasteiger partial charge in [-0.1, -0.05) is 33.6 Å².